The maximum Gasteiger partial charge on any atom is 0.256 e. The molecule has 0 unspecified atom stereocenters. The number of pyridine rings is 1. The number of hydrogen-bond donors (Lipinski definition) is 1. The SMILES string of the molecule is Cc1ccc(-c2cc(C(=O)Nc3ccon3)ccc2C)cn1. The summed E-state index contributed by atoms with van der Waals surface area (Å²) in [6.07, 6.45) is 3.23. The first-order valence-corrected chi connectivity index (χ1v) is 6.89. The largest absolute Gasteiger partial charge is 0.363 e. The van der Waals surface area contributed by atoms with Crippen LogP contribution in [0.3, 0.4) is 0 Å². The van der Waals surface area contributed by atoms with Gasteiger partial charge in [0.15, 0.2) is 5.82 Å². The number of aryl methyl sites for hydroxylation is 2. The van der Waals surface area contributed by atoms with Crippen molar-refractivity contribution in [2.45, 2.75) is 13.8 Å². The third kappa shape index (κ3) is 2.88. The monoisotopic (exact) mass is 293 g/mol. The van der Waals surface area contributed by atoms with Crippen LogP contribution in [0, 0.1) is 13.8 Å². The van der Waals surface area contributed by atoms with Gasteiger partial charge in [-0.15, -0.1) is 0 Å². The second-order valence-electron chi connectivity index (χ2n) is 5.06. The lowest BCUT2D eigenvalue weighted by molar-refractivity contribution is 0.102. The number of rotatable bonds is 3. The zero-order chi connectivity index (χ0) is 15.5. The predicted molar refractivity (Wildman–Crippen MR) is 83.6 cm³/mol. The molecule has 5 nitrogen and oxygen atoms in total. The van der Waals surface area contributed by atoms with Crippen molar-refractivity contribution in [3.05, 3.63) is 65.7 Å². The molecule has 0 aliphatic heterocycles. The lowest BCUT2D eigenvalue weighted by Gasteiger charge is -2.09. The molecule has 5 heteroatoms. The minimum absolute atomic E-state index is 0.227. The molecule has 0 spiro atoms. The Hall–Kier alpha value is -2.95. The summed E-state index contributed by atoms with van der Waals surface area (Å²) < 4.78 is 4.70. The van der Waals surface area contributed by atoms with Gasteiger partial charge in [0.25, 0.3) is 5.91 Å². The highest BCUT2D eigenvalue weighted by molar-refractivity contribution is 6.04. The molecule has 1 amide bonds. The molecule has 0 radical (unpaired) electrons. The molecule has 3 aromatic rings. The molecule has 0 aliphatic carbocycles. The zero-order valence-corrected chi connectivity index (χ0v) is 12.3. The summed E-state index contributed by atoms with van der Waals surface area (Å²) in [5.41, 5.74) is 4.58. The average molecular weight is 293 g/mol. The van der Waals surface area contributed by atoms with Crippen LogP contribution < -0.4 is 5.32 Å². The van der Waals surface area contributed by atoms with Gasteiger partial charge in [0.1, 0.15) is 6.26 Å². The lowest BCUT2D eigenvalue weighted by atomic mass is 9.99. The van der Waals surface area contributed by atoms with Gasteiger partial charge in [0.05, 0.1) is 0 Å². The van der Waals surface area contributed by atoms with E-state index in [4.69, 9.17) is 4.52 Å². The molecule has 0 saturated heterocycles. The number of anilines is 1. The van der Waals surface area contributed by atoms with Gasteiger partial charge < -0.3 is 9.84 Å². The fourth-order valence-corrected chi connectivity index (χ4v) is 2.17. The van der Waals surface area contributed by atoms with Crippen molar-refractivity contribution in [1.29, 1.82) is 0 Å². The van der Waals surface area contributed by atoms with Gasteiger partial charge in [-0.2, -0.15) is 0 Å². The molecule has 0 bridgehead atoms. The maximum atomic E-state index is 12.3. The van der Waals surface area contributed by atoms with Gasteiger partial charge in [-0.25, -0.2) is 0 Å². The molecule has 2 aromatic heterocycles. The Morgan fingerprint density at radius 1 is 1.14 bits per heavy atom. The van der Waals surface area contributed by atoms with Gasteiger partial charge >= 0.3 is 0 Å². The first-order chi connectivity index (χ1) is 10.6. The van der Waals surface area contributed by atoms with E-state index in [1.165, 1.54) is 6.26 Å². The van der Waals surface area contributed by atoms with E-state index in [2.05, 4.69) is 15.5 Å². The fraction of sp³-hybridized carbons (Fsp3) is 0.118. The van der Waals surface area contributed by atoms with Crippen molar-refractivity contribution in [1.82, 2.24) is 10.1 Å². The van der Waals surface area contributed by atoms with Crippen molar-refractivity contribution < 1.29 is 9.32 Å². The smallest absolute Gasteiger partial charge is 0.256 e. The van der Waals surface area contributed by atoms with Crippen molar-refractivity contribution >= 4 is 11.7 Å². The van der Waals surface area contributed by atoms with Crippen molar-refractivity contribution in [3.8, 4) is 11.1 Å². The van der Waals surface area contributed by atoms with Crippen LogP contribution in [-0.2, 0) is 0 Å². The molecule has 22 heavy (non-hydrogen) atoms. The lowest BCUT2D eigenvalue weighted by Crippen LogP contribution is -2.12. The van der Waals surface area contributed by atoms with Crippen LogP contribution in [-0.4, -0.2) is 16.0 Å². The first kappa shape index (κ1) is 14.0. The molecule has 110 valence electrons. The maximum absolute atomic E-state index is 12.3. The van der Waals surface area contributed by atoms with Crippen LogP contribution in [0.1, 0.15) is 21.6 Å². The van der Waals surface area contributed by atoms with Crippen LogP contribution in [0.15, 0.2) is 53.4 Å². The summed E-state index contributed by atoms with van der Waals surface area (Å²) in [4.78, 5) is 16.6. The van der Waals surface area contributed by atoms with Gasteiger partial charge in [0, 0.05) is 29.1 Å². The molecule has 0 aliphatic rings. The van der Waals surface area contributed by atoms with Gasteiger partial charge in [-0.3, -0.25) is 9.78 Å². The molecule has 0 fully saturated rings. The zero-order valence-electron chi connectivity index (χ0n) is 12.3. The topological polar surface area (TPSA) is 68.0 Å². The van der Waals surface area contributed by atoms with Gasteiger partial charge in [0.2, 0.25) is 0 Å². The quantitative estimate of drug-likeness (QED) is 0.801. The molecule has 1 aromatic carbocycles. The first-order valence-electron chi connectivity index (χ1n) is 6.89. The third-order valence-corrected chi connectivity index (χ3v) is 3.40. The molecule has 3 rings (SSSR count). The average Bonchev–Trinajstić information content (AvgIpc) is 3.01. The third-order valence-electron chi connectivity index (χ3n) is 3.40. The van der Waals surface area contributed by atoms with E-state index in [1.807, 2.05) is 44.3 Å². The number of aromatic nitrogens is 2. The molecule has 0 atom stereocenters. The van der Waals surface area contributed by atoms with Gasteiger partial charge in [-0.1, -0.05) is 17.3 Å². The standard InChI is InChI=1S/C17H15N3O2/c1-11-3-5-13(17(21)19-16-7-8-22-20-16)9-15(11)14-6-4-12(2)18-10-14/h3-10H,1-2H3,(H,19,20,21). The molecular weight excluding hydrogens is 278 g/mol. The van der Waals surface area contributed by atoms with Crippen molar-refractivity contribution in [2.24, 2.45) is 0 Å². The van der Waals surface area contributed by atoms with E-state index in [1.54, 1.807) is 12.1 Å². The molecule has 2 heterocycles. The van der Waals surface area contributed by atoms with Crippen LogP contribution >= 0.6 is 0 Å². The van der Waals surface area contributed by atoms with E-state index in [9.17, 15) is 4.79 Å². The van der Waals surface area contributed by atoms with Crippen LogP contribution in [0.2, 0.25) is 0 Å². The Balaban J connectivity index is 1.92. The van der Waals surface area contributed by atoms with Crippen LogP contribution in [0.25, 0.3) is 11.1 Å². The predicted octanol–water partition coefficient (Wildman–Crippen LogP) is 3.61. The highest BCUT2D eigenvalue weighted by Crippen LogP contribution is 2.24. The Morgan fingerprint density at radius 2 is 2.00 bits per heavy atom. The minimum Gasteiger partial charge on any atom is -0.363 e. The summed E-state index contributed by atoms with van der Waals surface area (Å²) in [5.74, 6) is 0.166. The number of amides is 1. The number of nitrogens with zero attached hydrogens (tertiary/aromatic N) is 2. The Bertz CT molecular complexity index is 793. The van der Waals surface area contributed by atoms with Crippen molar-refractivity contribution in [3.63, 3.8) is 0 Å². The highest BCUT2D eigenvalue weighted by atomic mass is 16.5. The number of carbonyl (C=O) groups excluding carboxylic acids is 1. The molecule has 1 N–H and O–H groups in total. The summed E-state index contributed by atoms with van der Waals surface area (Å²) in [7, 11) is 0. The van der Waals surface area contributed by atoms with Crippen LogP contribution in [0.4, 0.5) is 5.82 Å². The van der Waals surface area contributed by atoms with E-state index in [0.29, 0.717) is 11.4 Å². The Morgan fingerprint density at radius 3 is 2.68 bits per heavy atom. The van der Waals surface area contributed by atoms with E-state index >= 15 is 0 Å². The second kappa shape index (κ2) is 5.81. The summed E-state index contributed by atoms with van der Waals surface area (Å²) in [6.45, 7) is 3.95. The fourth-order valence-electron chi connectivity index (χ4n) is 2.17. The summed E-state index contributed by atoms with van der Waals surface area (Å²) in [5, 5.41) is 6.36. The normalized spacial score (nSPS) is 10.5. The number of benzene rings is 1. The van der Waals surface area contributed by atoms with E-state index in [0.717, 1.165) is 22.4 Å². The Kier molecular flexibility index (Phi) is 3.70. The number of carbonyl (C=O) groups is 1. The minimum atomic E-state index is -0.227. The van der Waals surface area contributed by atoms with E-state index in [-0.39, 0.29) is 5.91 Å². The van der Waals surface area contributed by atoms with Crippen molar-refractivity contribution in [2.75, 3.05) is 5.32 Å². The number of hydrogen-bond acceptors (Lipinski definition) is 4. The van der Waals surface area contributed by atoms with Crippen LogP contribution in [0.5, 0.6) is 0 Å². The molecular formula is C17H15N3O2. The number of nitrogens with one attached hydrogen (secondary N) is 1. The Labute approximate surface area is 128 Å². The summed E-state index contributed by atoms with van der Waals surface area (Å²) in [6, 6.07) is 11.1. The highest BCUT2D eigenvalue weighted by Gasteiger charge is 2.11. The van der Waals surface area contributed by atoms with Gasteiger partial charge in [-0.05, 0) is 43.2 Å². The van der Waals surface area contributed by atoms with E-state index < -0.39 is 0 Å². The molecule has 0 saturated carbocycles. The second-order valence-corrected chi connectivity index (χ2v) is 5.06. The summed E-state index contributed by atoms with van der Waals surface area (Å²) >= 11 is 0.